The highest BCUT2D eigenvalue weighted by atomic mass is 19.1. The van der Waals surface area contributed by atoms with Gasteiger partial charge in [0.15, 0.2) is 0 Å². The van der Waals surface area contributed by atoms with Gasteiger partial charge in [-0.2, -0.15) is 0 Å². The Hall–Kier alpha value is -3.30. The van der Waals surface area contributed by atoms with Crippen LogP contribution in [0.5, 0.6) is 0 Å². The Morgan fingerprint density at radius 3 is 2.56 bits per heavy atom. The van der Waals surface area contributed by atoms with Crippen molar-refractivity contribution < 1.29 is 33.5 Å². The number of likely N-dealkylation sites (tertiary alicyclic amines) is 1. The van der Waals surface area contributed by atoms with Gasteiger partial charge in [0.05, 0.1) is 12.5 Å². The minimum Gasteiger partial charge on any atom is -0.481 e. The monoisotopic (exact) mass is 449 g/mol. The van der Waals surface area contributed by atoms with E-state index in [2.05, 4.69) is 10.6 Å². The summed E-state index contributed by atoms with van der Waals surface area (Å²) < 4.78 is 14.2. The normalized spacial score (nSPS) is 17.9. The lowest BCUT2D eigenvalue weighted by Crippen LogP contribution is -2.54. The molecule has 174 valence electrons. The lowest BCUT2D eigenvalue weighted by atomic mass is 9.98. The van der Waals surface area contributed by atoms with E-state index in [0.717, 1.165) is 0 Å². The fourth-order valence-corrected chi connectivity index (χ4v) is 3.52. The first kappa shape index (κ1) is 25.0. The molecule has 0 aromatic heterocycles. The van der Waals surface area contributed by atoms with E-state index in [1.54, 1.807) is 12.1 Å². The third kappa shape index (κ3) is 6.35. The van der Waals surface area contributed by atoms with Gasteiger partial charge in [0.2, 0.25) is 11.8 Å². The zero-order valence-corrected chi connectivity index (χ0v) is 18.3. The summed E-state index contributed by atoms with van der Waals surface area (Å²) in [6, 6.07) is 3.03. The van der Waals surface area contributed by atoms with Crippen LogP contribution in [0.4, 0.5) is 4.39 Å². The second-order valence-corrected chi connectivity index (χ2v) is 8.29. The first-order valence-electron chi connectivity index (χ1n) is 10.3. The van der Waals surface area contributed by atoms with Crippen LogP contribution in [0.1, 0.15) is 56.0 Å². The van der Waals surface area contributed by atoms with Gasteiger partial charge < -0.3 is 25.4 Å². The number of halogens is 1. The molecule has 1 aliphatic rings. The molecule has 3 N–H and O–H groups in total. The zero-order chi connectivity index (χ0) is 24.1. The maximum Gasteiger partial charge on any atom is 0.305 e. The quantitative estimate of drug-likeness (QED) is 0.485. The molecule has 0 aliphatic carbocycles. The highest BCUT2D eigenvalue weighted by Crippen LogP contribution is 2.25. The third-order valence-corrected chi connectivity index (χ3v) is 5.25. The number of nitrogens with one attached hydrogen (secondary N) is 2. The van der Waals surface area contributed by atoms with E-state index in [0.29, 0.717) is 24.7 Å². The number of carboxylic acids is 1. The highest BCUT2D eigenvalue weighted by Gasteiger charge is 2.37. The van der Waals surface area contributed by atoms with Gasteiger partial charge in [-0.05, 0) is 51.3 Å². The van der Waals surface area contributed by atoms with Crippen molar-refractivity contribution in [2.75, 3.05) is 6.54 Å². The first-order chi connectivity index (χ1) is 14.9. The molecule has 0 radical (unpaired) electrons. The predicted molar refractivity (Wildman–Crippen MR) is 112 cm³/mol. The van der Waals surface area contributed by atoms with Crippen LogP contribution < -0.4 is 10.6 Å². The van der Waals surface area contributed by atoms with Crippen molar-refractivity contribution in [1.82, 2.24) is 15.5 Å². The van der Waals surface area contributed by atoms with Gasteiger partial charge in [0.25, 0.3) is 5.91 Å². The van der Waals surface area contributed by atoms with E-state index < -0.39 is 53.9 Å². The minimum absolute atomic E-state index is 0.200. The van der Waals surface area contributed by atoms with Crippen LogP contribution in [-0.4, -0.2) is 64.7 Å². The Kier molecular flexibility index (Phi) is 8.07. The van der Waals surface area contributed by atoms with Gasteiger partial charge in [-0.15, -0.1) is 0 Å². The average molecular weight is 449 g/mol. The van der Waals surface area contributed by atoms with E-state index >= 15 is 0 Å². The van der Waals surface area contributed by atoms with Crippen molar-refractivity contribution in [3.05, 3.63) is 35.4 Å². The van der Waals surface area contributed by atoms with Gasteiger partial charge in [-0.1, -0.05) is 12.1 Å². The number of nitrogens with zero attached hydrogens (tertiary/aromatic N) is 1. The average Bonchev–Trinajstić information content (AvgIpc) is 3.21. The summed E-state index contributed by atoms with van der Waals surface area (Å²) in [4.78, 5) is 61.1. The number of amides is 3. The lowest BCUT2D eigenvalue weighted by molar-refractivity contribution is -0.141. The van der Waals surface area contributed by atoms with Crippen molar-refractivity contribution in [2.24, 2.45) is 0 Å². The van der Waals surface area contributed by atoms with E-state index in [9.17, 15) is 28.4 Å². The van der Waals surface area contributed by atoms with Crippen molar-refractivity contribution in [3.8, 4) is 0 Å². The Labute approximate surface area is 185 Å². The van der Waals surface area contributed by atoms with Crippen LogP contribution >= 0.6 is 0 Å². The molecule has 1 saturated heterocycles. The van der Waals surface area contributed by atoms with Crippen molar-refractivity contribution >= 4 is 30.0 Å². The van der Waals surface area contributed by atoms with Crippen LogP contribution in [-0.2, 0) is 24.8 Å². The fourth-order valence-electron chi connectivity index (χ4n) is 3.52. The number of aldehydes is 1. The van der Waals surface area contributed by atoms with E-state index in [1.807, 2.05) is 0 Å². The Morgan fingerprint density at radius 1 is 1.28 bits per heavy atom. The predicted octanol–water partition coefficient (Wildman–Crippen LogP) is 1.16. The number of benzene rings is 1. The van der Waals surface area contributed by atoms with Gasteiger partial charge >= 0.3 is 5.97 Å². The molecule has 1 heterocycles. The molecule has 10 heteroatoms. The molecule has 0 unspecified atom stereocenters. The Balaban J connectivity index is 2.04. The highest BCUT2D eigenvalue weighted by molar-refractivity contribution is 5.98. The maximum atomic E-state index is 14.2. The molecular weight excluding hydrogens is 421 g/mol. The molecule has 9 nitrogen and oxygen atoms in total. The van der Waals surface area contributed by atoms with Crippen LogP contribution in [0, 0.1) is 0 Å². The summed E-state index contributed by atoms with van der Waals surface area (Å²) >= 11 is 0. The molecule has 0 bridgehead atoms. The lowest BCUT2D eigenvalue weighted by Gasteiger charge is -2.28. The molecule has 3 atom stereocenters. The molecule has 1 aliphatic heterocycles. The van der Waals surface area contributed by atoms with Gasteiger partial charge in [-0.3, -0.25) is 19.2 Å². The number of hydrogen-bond donors (Lipinski definition) is 3. The SMILES string of the molecule is C[C@H](NC(=O)c1cccc(C(C)(C)F)c1)C(=O)N1CCC[C@H]1C(=O)N[C@H](C=O)CC(=O)O. The van der Waals surface area contributed by atoms with Crippen LogP contribution in [0.2, 0.25) is 0 Å². The molecule has 3 amide bonds. The third-order valence-electron chi connectivity index (χ3n) is 5.25. The number of hydrogen-bond acceptors (Lipinski definition) is 5. The first-order valence-corrected chi connectivity index (χ1v) is 10.3. The number of carbonyl (C=O) groups excluding carboxylic acids is 4. The van der Waals surface area contributed by atoms with Crippen molar-refractivity contribution in [3.63, 3.8) is 0 Å². The molecular formula is C22H28FN3O6. The summed E-state index contributed by atoms with van der Waals surface area (Å²) in [5.74, 6) is -2.90. The summed E-state index contributed by atoms with van der Waals surface area (Å²) in [6.45, 7) is 4.52. The summed E-state index contributed by atoms with van der Waals surface area (Å²) in [5.41, 5.74) is -1.11. The Morgan fingerprint density at radius 2 is 1.97 bits per heavy atom. The van der Waals surface area contributed by atoms with Gasteiger partial charge in [-0.25, -0.2) is 4.39 Å². The molecule has 0 saturated carbocycles. The van der Waals surface area contributed by atoms with Crippen LogP contribution in [0.3, 0.4) is 0 Å². The molecule has 1 fully saturated rings. The van der Waals surface area contributed by atoms with Gasteiger partial charge in [0.1, 0.15) is 24.0 Å². The number of rotatable bonds is 9. The second kappa shape index (κ2) is 10.3. The topological polar surface area (TPSA) is 133 Å². The molecule has 32 heavy (non-hydrogen) atoms. The Bertz CT molecular complexity index is 898. The summed E-state index contributed by atoms with van der Waals surface area (Å²) in [6.07, 6.45) is 0.674. The molecule has 1 aromatic rings. The van der Waals surface area contributed by atoms with Crippen molar-refractivity contribution in [1.29, 1.82) is 0 Å². The fraction of sp³-hybridized carbons (Fsp3) is 0.500. The summed E-state index contributed by atoms with van der Waals surface area (Å²) in [7, 11) is 0. The van der Waals surface area contributed by atoms with E-state index in [-0.39, 0.29) is 12.1 Å². The summed E-state index contributed by atoms with van der Waals surface area (Å²) in [5, 5.41) is 13.7. The zero-order valence-electron chi connectivity index (χ0n) is 18.3. The van der Waals surface area contributed by atoms with E-state index in [1.165, 1.54) is 37.8 Å². The second-order valence-electron chi connectivity index (χ2n) is 8.29. The minimum atomic E-state index is -1.63. The number of alkyl halides is 1. The largest absolute Gasteiger partial charge is 0.481 e. The number of carboxylic acid groups (broad SMARTS) is 1. The standard InChI is InChI=1S/C22H28FN3O6/c1-13(24-19(30)14-6-4-7-15(10-14)22(2,3)23)21(32)26-9-5-8-17(26)20(31)25-16(12-27)11-18(28)29/h4,6-7,10,12-13,16-17H,5,8-9,11H2,1-3H3,(H,24,30)(H,25,31)(H,28,29)/t13-,16-,17-/m0/s1. The van der Waals surface area contributed by atoms with E-state index in [4.69, 9.17) is 5.11 Å². The number of aliphatic carboxylic acids is 1. The molecule has 1 aromatic carbocycles. The molecule has 2 rings (SSSR count). The number of carbonyl (C=O) groups is 5. The maximum absolute atomic E-state index is 14.2. The van der Waals surface area contributed by atoms with Crippen LogP contribution in [0.25, 0.3) is 0 Å². The van der Waals surface area contributed by atoms with Gasteiger partial charge in [0, 0.05) is 12.1 Å². The van der Waals surface area contributed by atoms with Crippen molar-refractivity contribution in [2.45, 2.75) is 63.8 Å². The van der Waals surface area contributed by atoms with Crippen LogP contribution in [0.15, 0.2) is 24.3 Å². The smallest absolute Gasteiger partial charge is 0.305 e. The molecule has 0 spiro atoms.